The SMILES string of the molecule is O=C(O)c1c(N(c2ccc(F)cc2C[C@H]2CCNC2)[SH](=O)=O)ccc2c1OC[C@@H]1C[C@H]21. The van der Waals surface area contributed by atoms with Crippen LogP contribution in [0.2, 0.25) is 0 Å². The minimum Gasteiger partial charge on any atom is -0.492 e. The lowest BCUT2D eigenvalue weighted by Crippen LogP contribution is -2.22. The van der Waals surface area contributed by atoms with Crippen molar-refractivity contribution in [2.75, 3.05) is 24.0 Å². The molecule has 7 nitrogen and oxygen atoms in total. The Bertz CT molecular complexity index is 1120. The van der Waals surface area contributed by atoms with Crippen molar-refractivity contribution in [1.29, 1.82) is 0 Å². The third-order valence-electron chi connectivity index (χ3n) is 6.48. The van der Waals surface area contributed by atoms with Gasteiger partial charge in [-0.25, -0.2) is 21.9 Å². The molecule has 2 aromatic rings. The number of halogens is 1. The van der Waals surface area contributed by atoms with Crippen LogP contribution in [0.25, 0.3) is 0 Å². The van der Waals surface area contributed by atoms with Gasteiger partial charge in [0.05, 0.1) is 18.0 Å². The first-order valence-electron chi connectivity index (χ1n) is 10.4. The Hall–Kier alpha value is -2.65. The molecule has 3 atom stereocenters. The highest BCUT2D eigenvalue weighted by atomic mass is 32.2. The molecule has 31 heavy (non-hydrogen) atoms. The lowest BCUT2D eigenvalue weighted by atomic mass is 9.96. The number of carboxylic acids is 1. The van der Waals surface area contributed by atoms with Gasteiger partial charge in [-0.1, -0.05) is 6.07 Å². The number of anilines is 2. The molecule has 0 unspecified atom stereocenters. The summed E-state index contributed by atoms with van der Waals surface area (Å²) in [5.74, 6) is -0.550. The standard InChI is InChI=1S/C22H23FN2O5S/c23-15-1-3-18(13(8-15)7-12-5-6-24-10-12)25(31(28)29)19-4-2-16-17-9-14(17)11-30-21(16)20(19)22(26)27/h1-4,8,12,14,17,24,31H,5-7,9-11H2,(H,26,27)/t12-,14+,17+/m1/s1. The van der Waals surface area contributed by atoms with Crippen molar-refractivity contribution in [3.05, 3.63) is 52.8 Å². The van der Waals surface area contributed by atoms with Gasteiger partial charge in [0.25, 0.3) is 0 Å². The maximum Gasteiger partial charge on any atom is 0.341 e. The summed E-state index contributed by atoms with van der Waals surface area (Å²) in [6.07, 6.45) is 2.35. The number of fused-ring (bicyclic) bond motifs is 3. The lowest BCUT2D eigenvalue weighted by molar-refractivity contribution is 0.0692. The molecule has 3 aliphatic rings. The number of hydrogen-bond donors (Lipinski definition) is 3. The van der Waals surface area contributed by atoms with E-state index in [1.54, 1.807) is 6.07 Å². The van der Waals surface area contributed by atoms with Crippen LogP contribution in [-0.4, -0.2) is 39.2 Å². The van der Waals surface area contributed by atoms with E-state index in [0.717, 1.165) is 35.8 Å². The van der Waals surface area contributed by atoms with Crippen LogP contribution >= 0.6 is 0 Å². The average Bonchev–Trinajstić information content (AvgIpc) is 3.36. The van der Waals surface area contributed by atoms with Crippen molar-refractivity contribution in [1.82, 2.24) is 5.32 Å². The van der Waals surface area contributed by atoms with Gasteiger partial charge in [-0.05, 0) is 79.6 Å². The molecule has 1 aliphatic carbocycles. The van der Waals surface area contributed by atoms with Crippen molar-refractivity contribution >= 4 is 28.2 Å². The van der Waals surface area contributed by atoms with E-state index >= 15 is 0 Å². The number of thiol groups is 1. The first-order valence-corrected chi connectivity index (χ1v) is 11.5. The van der Waals surface area contributed by atoms with Crippen molar-refractivity contribution in [2.45, 2.75) is 25.2 Å². The van der Waals surface area contributed by atoms with Crippen LogP contribution < -0.4 is 14.4 Å². The van der Waals surface area contributed by atoms with E-state index in [-0.39, 0.29) is 34.5 Å². The molecule has 0 spiro atoms. The fourth-order valence-electron chi connectivity index (χ4n) is 4.85. The fraction of sp³-hybridized carbons (Fsp3) is 0.409. The zero-order valence-corrected chi connectivity index (χ0v) is 17.6. The Morgan fingerprint density at radius 1 is 1.26 bits per heavy atom. The Kier molecular flexibility index (Phi) is 5.10. The number of benzene rings is 2. The highest BCUT2D eigenvalue weighted by Gasteiger charge is 2.45. The Balaban J connectivity index is 1.64. The number of aromatic carboxylic acids is 1. The molecule has 0 aromatic heterocycles. The van der Waals surface area contributed by atoms with Crippen LogP contribution in [0.1, 0.15) is 40.2 Å². The monoisotopic (exact) mass is 446 g/mol. The van der Waals surface area contributed by atoms with Crippen LogP contribution in [-0.2, 0) is 17.3 Å². The number of hydrogen-bond acceptors (Lipinski definition) is 5. The first kappa shape index (κ1) is 20.3. The van der Waals surface area contributed by atoms with Crippen LogP contribution in [0.4, 0.5) is 15.8 Å². The summed E-state index contributed by atoms with van der Waals surface area (Å²) in [5.41, 5.74) is 1.46. The summed E-state index contributed by atoms with van der Waals surface area (Å²) < 4.78 is 45.6. The number of ether oxygens (including phenoxy) is 1. The fourth-order valence-corrected chi connectivity index (χ4v) is 5.57. The predicted octanol–water partition coefficient (Wildman–Crippen LogP) is 2.84. The highest BCUT2D eigenvalue weighted by molar-refractivity contribution is 7.74. The molecule has 0 bridgehead atoms. The van der Waals surface area contributed by atoms with Crippen molar-refractivity contribution in [3.8, 4) is 5.75 Å². The molecule has 1 saturated carbocycles. The quantitative estimate of drug-likeness (QED) is 0.591. The Labute approximate surface area is 180 Å². The van der Waals surface area contributed by atoms with E-state index in [9.17, 15) is 22.7 Å². The zero-order chi connectivity index (χ0) is 21.7. The van der Waals surface area contributed by atoms with Gasteiger partial charge < -0.3 is 15.2 Å². The predicted molar refractivity (Wildman–Crippen MR) is 113 cm³/mol. The Morgan fingerprint density at radius 3 is 2.77 bits per heavy atom. The number of nitrogens with zero attached hydrogens (tertiary/aromatic N) is 1. The molecule has 9 heteroatoms. The number of nitrogens with one attached hydrogen (secondary N) is 1. The van der Waals surface area contributed by atoms with Gasteiger partial charge in [-0.3, -0.25) is 0 Å². The first-order chi connectivity index (χ1) is 14.9. The van der Waals surface area contributed by atoms with Crippen LogP contribution in [0, 0.1) is 17.7 Å². The molecule has 164 valence electrons. The minimum atomic E-state index is -3.24. The van der Waals surface area contributed by atoms with Gasteiger partial charge in [0, 0.05) is 5.92 Å². The van der Waals surface area contributed by atoms with Crippen molar-refractivity contribution < 1.29 is 27.4 Å². The van der Waals surface area contributed by atoms with Crippen LogP contribution in [0.3, 0.4) is 0 Å². The maximum atomic E-state index is 14.1. The second-order valence-electron chi connectivity index (χ2n) is 8.48. The lowest BCUT2D eigenvalue weighted by Gasteiger charge is -2.26. The smallest absolute Gasteiger partial charge is 0.341 e. The molecule has 2 aliphatic heterocycles. The van der Waals surface area contributed by atoms with E-state index in [1.165, 1.54) is 24.3 Å². The molecule has 5 rings (SSSR count). The van der Waals surface area contributed by atoms with E-state index in [2.05, 4.69) is 5.32 Å². The third-order valence-corrected chi connectivity index (χ3v) is 7.23. The zero-order valence-electron chi connectivity index (χ0n) is 16.7. The summed E-state index contributed by atoms with van der Waals surface area (Å²) in [5, 5.41) is 13.2. The van der Waals surface area contributed by atoms with E-state index in [4.69, 9.17) is 4.74 Å². The van der Waals surface area contributed by atoms with Crippen LogP contribution in [0.15, 0.2) is 30.3 Å². The summed E-state index contributed by atoms with van der Waals surface area (Å²) in [7, 11) is -3.24. The third kappa shape index (κ3) is 3.65. The summed E-state index contributed by atoms with van der Waals surface area (Å²) in [6, 6.07) is 7.23. The Morgan fingerprint density at radius 2 is 2.06 bits per heavy atom. The van der Waals surface area contributed by atoms with Gasteiger partial charge in [0.2, 0.25) is 10.9 Å². The highest BCUT2D eigenvalue weighted by Crippen LogP contribution is 2.56. The second kappa shape index (κ2) is 7.80. The molecule has 0 radical (unpaired) electrons. The summed E-state index contributed by atoms with van der Waals surface area (Å²) >= 11 is 0. The van der Waals surface area contributed by atoms with E-state index in [0.29, 0.717) is 24.5 Å². The van der Waals surface area contributed by atoms with Gasteiger partial charge in [-0.2, -0.15) is 0 Å². The number of rotatable bonds is 6. The molecule has 2 aromatic carbocycles. The summed E-state index contributed by atoms with van der Waals surface area (Å²) in [6.45, 7) is 2.07. The topological polar surface area (TPSA) is 95.9 Å². The van der Waals surface area contributed by atoms with Gasteiger partial charge in [0.1, 0.15) is 17.1 Å². The largest absolute Gasteiger partial charge is 0.492 e. The van der Waals surface area contributed by atoms with Crippen molar-refractivity contribution in [3.63, 3.8) is 0 Å². The molecule has 0 amide bonds. The number of carboxylic acid groups (broad SMARTS) is 1. The van der Waals surface area contributed by atoms with E-state index < -0.39 is 22.7 Å². The second-order valence-corrected chi connectivity index (χ2v) is 9.36. The number of carbonyl (C=O) groups is 1. The normalized spacial score (nSPS) is 23.7. The molecule has 2 fully saturated rings. The van der Waals surface area contributed by atoms with Crippen LogP contribution in [0.5, 0.6) is 5.75 Å². The molecule has 2 heterocycles. The van der Waals surface area contributed by atoms with Gasteiger partial charge in [-0.15, -0.1) is 0 Å². The molecular formula is C22H23FN2O5S. The van der Waals surface area contributed by atoms with Crippen molar-refractivity contribution in [2.24, 2.45) is 11.8 Å². The summed E-state index contributed by atoms with van der Waals surface area (Å²) in [4.78, 5) is 12.2. The minimum absolute atomic E-state index is 0.0128. The molecule has 1 saturated heterocycles. The van der Waals surface area contributed by atoms with E-state index in [1.807, 2.05) is 0 Å². The molecule has 2 N–H and O–H groups in total. The van der Waals surface area contributed by atoms with Gasteiger partial charge >= 0.3 is 5.97 Å². The molecular weight excluding hydrogens is 423 g/mol. The maximum absolute atomic E-state index is 14.1. The van der Waals surface area contributed by atoms with Gasteiger partial charge in [0.15, 0.2) is 0 Å². The average molecular weight is 447 g/mol.